The molecule has 0 fully saturated rings. The Morgan fingerprint density at radius 2 is 1.41 bits per heavy atom. The van der Waals surface area contributed by atoms with E-state index >= 15 is 0 Å². The first kappa shape index (κ1) is 35.7. The van der Waals surface area contributed by atoms with Crippen LogP contribution in [-0.4, -0.2) is 24.7 Å². The minimum Gasteiger partial charge on any atom is -0.435 e. The zero-order valence-corrected chi connectivity index (χ0v) is 30.5. The molecule has 1 aromatic heterocycles. The van der Waals surface area contributed by atoms with Crippen LogP contribution in [-0.2, 0) is 0 Å². The zero-order valence-electron chi connectivity index (χ0n) is 27.9. The second-order valence-electron chi connectivity index (χ2n) is 10.9. The molecule has 49 heavy (non-hydrogen) atoms. The van der Waals surface area contributed by atoms with Crippen LogP contribution in [0.2, 0.25) is 0 Å². The molecule has 1 N–H and O–H groups in total. The molecule has 9 heteroatoms. The van der Waals surface area contributed by atoms with E-state index in [2.05, 4.69) is 31.2 Å². The Hall–Kier alpha value is -4.64. The molecule has 4 aromatic carbocycles. The van der Waals surface area contributed by atoms with Gasteiger partial charge in [-0.2, -0.15) is 10.0 Å². The summed E-state index contributed by atoms with van der Waals surface area (Å²) in [5.41, 5.74) is 2.53. The molecule has 252 valence electrons. The van der Waals surface area contributed by atoms with E-state index in [1.165, 1.54) is 0 Å². The van der Waals surface area contributed by atoms with Crippen molar-refractivity contribution < 1.29 is 27.1 Å². The van der Waals surface area contributed by atoms with Crippen molar-refractivity contribution in [1.29, 1.82) is 0 Å². The summed E-state index contributed by atoms with van der Waals surface area (Å²) in [7, 11) is -3.95. The average Bonchev–Trinajstić information content (AvgIpc) is 3.25. The van der Waals surface area contributed by atoms with Crippen LogP contribution >= 0.6 is 26.6 Å². The van der Waals surface area contributed by atoms with Gasteiger partial charge in [0.1, 0.15) is 28.6 Å². The Kier molecular flexibility index (Phi) is 12.5. The summed E-state index contributed by atoms with van der Waals surface area (Å²) >= 11 is 0. The minimum absolute atomic E-state index is 0.660. The predicted octanol–water partition coefficient (Wildman–Crippen LogP) is 12.5. The molecule has 1 aliphatic heterocycles. The number of fused-ring (bicyclic) bond motifs is 2. The van der Waals surface area contributed by atoms with Crippen molar-refractivity contribution in [3.05, 3.63) is 163 Å². The highest BCUT2D eigenvalue weighted by Gasteiger charge is 2.27. The third-order valence-electron chi connectivity index (χ3n) is 7.33. The number of aliphatic hydroxyl groups excluding tert-OH is 1. The van der Waals surface area contributed by atoms with Crippen molar-refractivity contribution in [2.75, 3.05) is 19.6 Å². The fourth-order valence-electron chi connectivity index (χ4n) is 4.98. The highest BCUT2D eigenvalue weighted by atomic mass is 32.3. The number of hydrogen-bond donors (Lipinski definition) is 1. The van der Waals surface area contributed by atoms with E-state index in [0.29, 0.717) is 17.1 Å². The molecule has 0 spiro atoms. The fourth-order valence-corrected chi connectivity index (χ4v) is 9.56. The van der Waals surface area contributed by atoms with Gasteiger partial charge >= 0.3 is 16.6 Å². The van der Waals surface area contributed by atoms with Crippen LogP contribution in [0.3, 0.4) is 0 Å². The first-order chi connectivity index (χ1) is 23.9. The van der Waals surface area contributed by atoms with Gasteiger partial charge in [0.05, 0.1) is 0 Å². The monoisotopic (exact) mass is 710 g/mol. The van der Waals surface area contributed by atoms with Crippen LogP contribution in [0.4, 0.5) is 0 Å². The Morgan fingerprint density at radius 3 is 2.16 bits per heavy atom. The van der Waals surface area contributed by atoms with Gasteiger partial charge in [-0.15, -0.1) is 0 Å². The smallest absolute Gasteiger partial charge is 0.435 e. The summed E-state index contributed by atoms with van der Waals surface area (Å²) in [6.07, 6.45) is 18.2. The normalized spacial score (nSPS) is 16.3. The van der Waals surface area contributed by atoms with Crippen molar-refractivity contribution in [2.24, 2.45) is 0 Å². The molecule has 2 heterocycles. The van der Waals surface area contributed by atoms with Crippen molar-refractivity contribution in [2.45, 2.75) is 16.7 Å². The number of allylic oxidation sites excluding steroid dienone is 7. The SMILES string of the molecule is C=C1/C=C\C=C/P(Oc2ccccc2S(C)(C)c2ccccc2Op2oc(/C=C\C=C/C)cc3ccccc3o2)Oc2ccccc21.CO. The van der Waals surface area contributed by atoms with E-state index < -0.39 is 26.6 Å². The number of rotatable bonds is 8. The molecule has 6 nitrogen and oxygen atoms in total. The molecule has 5 aromatic rings. The third kappa shape index (κ3) is 8.89. The van der Waals surface area contributed by atoms with Gasteiger partial charge in [0, 0.05) is 33.7 Å². The minimum atomic E-state index is -1.81. The number of para-hydroxylation sites is 4. The maximum Gasteiger partial charge on any atom is 0.453 e. The number of aliphatic hydroxyl groups is 1. The highest BCUT2D eigenvalue weighted by molar-refractivity contribution is 8.32. The van der Waals surface area contributed by atoms with E-state index in [4.69, 9.17) is 27.1 Å². The summed E-state index contributed by atoms with van der Waals surface area (Å²) in [5, 5.41) is 7.93. The molecule has 0 saturated carbocycles. The second-order valence-corrected chi connectivity index (χ2v) is 16.6. The largest absolute Gasteiger partial charge is 0.453 e. The highest BCUT2D eigenvalue weighted by Crippen LogP contribution is 2.64. The van der Waals surface area contributed by atoms with Crippen molar-refractivity contribution in [3.63, 3.8) is 0 Å². The van der Waals surface area contributed by atoms with Crippen molar-refractivity contribution in [3.8, 4) is 17.2 Å². The van der Waals surface area contributed by atoms with Crippen LogP contribution in [0.15, 0.2) is 170 Å². The summed E-state index contributed by atoms with van der Waals surface area (Å²) in [5.74, 6) is 4.83. The van der Waals surface area contributed by atoms with Gasteiger partial charge in [-0.25, -0.2) is 0 Å². The molecule has 1 aliphatic rings. The molecule has 0 amide bonds. The fraction of sp³-hybridized carbons (Fsp3) is 0.100. The summed E-state index contributed by atoms with van der Waals surface area (Å²) < 4.78 is 32.4. The van der Waals surface area contributed by atoms with E-state index in [9.17, 15) is 0 Å². The lowest BCUT2D eigenvalue weighted by atomic mass is 10.1. The van der Waals surface area contributed by atoms with Gasteiger partial charge in [0.15, 0.2) is 0 Å². The van der Waals surface area contributed by atoms with Crippen LogP contribution < -0.4 is 13.6 Å². The van der Waals surface area contributed by atoms with Gasteiger partial charge in [-0.3, -0.25) is 0 Å². The Balaban J connectivity index is 0.00000230. The standard InChI is InChI=1S/C39H36O5P2S.CH4O/c1-5-6-7-20-32-29-31-19-8-10-22-34(31)43-46(40-32)44-37-25-13-15-27-39(37)47(3,4)38-26-14-12-24-36(38)42-45-28-17-16-18-30(2)33-21-9-11-23-35(33)41-45;1-2/h5-29H,2H2,1,3-4H3;2H,1H3/b6-5-,18-16-,20-7-,28-17-;. The van der Waals surface area contributed by atoms with E-state index in [-0.39, 0.29) is 0 Å². The lowest BCUT2D eigenvalue weighted by molar-refractivity contribution is 0.399. The van der Waals surface area contributed by atoms with Gasteiger partial charge in [-0.1, -0.05) is 104 Å². The third-order valence-corrected chi connectivity index (χ3v) is 12.4. The Morgan fingerprint density at radius 1 is 0.755 bits per heavy atom. The molecular weight excluding hydrogens is 670 g/mol. The summed E-state index contributed by atoms with van der Waals surface area (Å²) in [6.45, 7) is 6.18. The molecule has 0 bridgehead atoms. The second kappa shape index (κ2) is 17.1. The molecule has 2 unspecified atom stereocenters. The zero-order chi connectivity index (χ0) is 34.6. The molecular formula is C40H40O6P2S. The van der Waals surface area contributed by atoms with Crippen molar-refractivity contribution >= 4 is 49.3 Å². The van der Waals surface area contributed by atoms with E-state index in [1.54, 1.807) is 0 Å². The number of benzene rings is 4. The van der Waals surface area contributed by atoms with E-state index in [1.807, 2.05) is 146 Å². The maximum atomic E-state index is 7.00. The van der Waals surface area contributed by atoms with Gasteiger partial charge in [0.25, 0.3) is 0 Å². The van der Waals surface area contributed by atoms with E-state index in [0.717, 1.165) is 44.9 Å². The number of hydrogen-bond acceptors (Lipinski definition) is 6. The maximum absolute atomic E-state index is 7.00. The molecule has 0 saturated heterocycles. The van der Waals surface area contributed by atoms with Gasteiger partial charge < -0.3 is 27.1 Å². The topological polar surface area (TPSA) is 74.2 Å². The first-order valence-corrected chi connectivity index (χ1v) is 20.3. The predicted molar refractivity (Wildman–Crippen MR) is 208 cm³/mol. The average molecular weight is 711 g/mol. The van der Waals surface area contributed by atoms with Gasteiger partial charge in [0.2, 0.25) is 0 Å². The summed E-state index contributed by atoms with van der Waals surface area (Å²) in [6, 6.07) is 34.0. The molecule has 0 radical (unpaired) electrons. The summed E-state index contributed by atoms with van der Waals surface area (Å²) in [4.78, 5) is 2.11. The lowest BCUT2D eigenvalue weighted by Crippen LogP contribution is -2.03. The van der Waals surface area contributed by atoms with Gasteiger partial charge in [-0.05, 0) is 73.5 Å². The first-order valence-electron chi connectivity index (χ1n) is 15.5. The van der Waals surface area contributed by atoms with Crippen LogP contribution in [0.1, 0.15) is 18.2 Å². The Bertz CT molecular complexity index is 2060. The quantitative estimate of drug-likeness (QED) is 0.128. The molecule has 0 aliphatic carbocycles. The van der Waals surface area contributed by atoms with Crippen molar-refractivity contribution in [1.82, 2.24) is 0 Å². The molecule has 2 atom stereocenters. The Labute approximate surface area is 292 Å². The molecule has 6 rings (SSSR count). The van der Waals surface area contributed by atoms with Crippen LogP contribution in [0.5, 0.6) is 17.2 Å². The lowest BCUT2D eigenvalue weighted by Gasteiger charge is -2.35. The van der Waals surface area contributed by atoms with Crippen LogP contribution in [0, 0.1) is 0 Å². The van der Waals surface area contributed by atoms with Crippen LogP contribution in [0.25, 0.3) is 22.6 Å².